The minimum atomic E-state index is -1.07. The molecule has 20 heavy (non-hydrogen) atoms. The Kier molecular flexibility index (Phi) is 4.52. The predicted octanol–water partition coefficient (Wildman–Crippen LogP) is 3.96. The third-order valence-electron chi connectivity index (χ3n) is 2.67. The highest BCUT2D eigenvalue weighted by Gasteiger charge is 2.14. The van der Waals surface area contributed by atoms with Crippen molar-refractivity contribution in [2.24, 2.45) is 0 Å². The Balaban J connectivity index is 2.23. The predicted molar refractivity (Wildman–Crippen MR) is 81.3 cm³/mol. The van der Waals surface area contributed by atoms with Gasteiger partial charge in [-0.2, -0.15) is 0 Å². The molecule has 6 heteroatoms. The van der Waals surface area contributed by atoms with Gasteiger partial charge in [0.25, 0.3) is 0 Å². The van der Waals surface area contributed by atoms with E-state index in [1.165, 1.54) is 0 Å². The number of benzene rings is 2. The number of halogens is 2. The average molecular weight is 357 g/mol. The molecule has 0 radical (unpaired) electrons. The van der Waals surface area contributed by atoms with Gasteiger partial charge in [-0.3, -0.25) is 0 Å². The van der Waals surface area contributed by atoms with Gasteiger partial charge in [0.2, 0.25) is 0 Å². The number of nitrogen functional groups attached to an aromatic ring is 1. The summed E-state index contributed by atoms with van der Waals surface area (Å²) in [7, 11) is 0. The largest absolute Gasteiger partial charge is 0.488 e. The molecule has 0 spiro atoms. The number of carbonyl (C=O) groups is 1. The number of hydrogen-bond acceptors (Lipinski definition) is 3. The van der Waals surface area contributed by atoms with Gasteiger partial charge in [-0.15, -0.1) is 0 Å². The van der Waals surface area contributed by atoms with Crippen LogP contribution in [0.5, 0.6) is 5.75 Å². The number of ether oxygens (including phenoxy) is 1. The second kappa shape index (κ2) is 6.15. The molecule has 0 amide bonds. The number of hydrogen-bond donors (Lipinski definition) is 2. The number of nitrogens with two attached hydrogens (primary N) is 1. The van der Waals surface area contributed by atoms with E-state index in [-0.39, 0.29) is 17.9 Å². The summed E-state index contributed by atoms with van der Waals surface area (Å²) in [6, 6.07) is 10.0. The van der Waals surface area contributed by atoms with Crippen LogP contribution in [0.1, 0.15) is 15.9 Å². The van der Waals surface area contributed by atoms with Crippen LogP contribution in [-0.2, 0) is 6.61 Å². The average Bonchev–Trinajstić information content (AvgIpc) is 2.37. The highest BCUT2D eigenvalue weighted by atomic mass is 79.9. The summed E-state index contributed by atoms with van der Waals surface area (Å²) in [5, 5.41) is 9.76. The Morgan fingerprint density at radius 2 is 2.10 bits per heavy atom. The zero-order valence-electron chi connectivity index (χ0n) is 10.3. The standard InChI is InChI=1S/C14H11BrClNO3/c15-10-6-9(16)4-5-12(10)20-7-8-2-1-3-11(17)13(8)14(18)19/h1-6H,7,17H2,(H,18,19). The summed E-state index contributed by atoms with van der Waals surface area (Å²) < 4.78 is 6.30. The van der Waals surface area contributed by atoms with E-state index in [9.17, 15) is 9.90 Å². The van der Waals surface area contributed by atoms with Gasteiger partial charge < -0.3 is 15.6 Å². The van der Waals surface area contributed by atoms with E-state index in [1.807, 2.05) is 0 Å². The van der Waals surface area contributed by atoms with Crippen LogP contribution in [0, 0.1) is 0 Å². The first-order chi connectivity index (χ1) is 9.49. The van der Waals surface area contributed by atoms with Gasteiger partial charge in [0, 0.05) is 16.3 Å². The van der Waals surface area contributed by atoms with Crippen molar-refractivity contribution in [3.05, 3.63) is 57.0 Å². The Bertz CT molecular complexity index is 661. The van der Waals surface area contributed by atoms with Crippen LogP contribution >= 0.6 is 27.5 Å². The second-order valence-corrected chi connectivity index (χ2v) is 5.34. The van der Waals surface area contributed by atoms with Gasteiger partial charge in [-0.25, -0.2) is 4.79 Å². The highest BCUT2D eigenvalue weighted by Crippen LogP contribution is 2.29. The fourth-order valence-electron chi connectivity index (χ4n) is 1.75. The third kappa shape index (κ3) is 3.23. The molecule has 4 nitrogen and oxygen atoms in total. The van der Waals surface area contributed by atoms with Crippen molar-refractivity contribution in [1.29, 1.82) is 0 Å². The number of carboxylic acid groups (broad SMARTS) is 1. The molecular formula is C14H11BrClNO3. The van der Waals surface area contributed by atoms with Crippen LogP contribution in [0.4, 0.5) is 5.69 Å². The Labute approximate surface area is 129 Å². The Morgan fingerprint density at radius 1 is 1.35 bits per heavy atom. The summed E-state index contributed by atoms with van der Waals surface area (Å²) in [5.74, 6) is -0.495. The van der Waals surface area contributed by atoms with E-state index in [4.69, 9.17) is 22.1 Å². The van der Waals surface area contributed by atoms with E-state index in [2.05, 4.69) is 15.9 Å². The molecule has 2 aromatic rings. The molecular weight excluding hydrogens is 346 g/mol. The molecule has 0 atom stereocenters. The lowest BCUT2D eigenvalue weighted by Gasteiger charge is -2.11. The minimum Gasteiger partial charge on any atom is -0.488 e. The van der Waals surface area contributed by atoms with Gasteiger partial charge in [0.05, 0.1) is 10.0 Å². The van der Waals surface area contributed by atoms with Gasteiger partial charge in [-0.1, -0.05) is 23.7 Å². The molecule has 0 fully saturated rings. The zero-order chi connectivity index (χ0) is 14.7. The fourth-order valence-corrected chi connectivity index (χ4v) is 2.55. The number of rotatable bonds is 4. The van der Waals surface area contributed by atoms with Crippen LogP contribution < -0.4 is 10.5 Å². The van der Waals surface area contributed by atoms with Crippen molar-refractivity contribution < 1.29 is 14.6 Å². The molecule has 2 rings (SSSR count). The van der Waals surface area contributed by atoms with Gasteiger partial charge in [-0.05, 0) is 40.2 Å². The van der Waals surface area contributed by atoms with Crippen molar-refractivity contribution in [3.63, 3.8) is 0 Å². The van der Waals surface area contributed by atoms with Crippen molar-refractivity contribution in [3.8, 4) is 5.75 Å². The maximum atomic E-state index is 11.2. The maximum absolute atomic E-state index is 11.2. The topological polar surface area (TPSA) is 72.5 Å². The quantitative estimate of drug-likeness (QED) is 0.813. The lowest BCUT2D eigenvalue weighted by Crippen LogP contribution is -2.09. The number of aromatic carboxylic acids is 1. The van der Waals surface area contributed by atoms with Gasteiger partial charge in [0.15, 0.2) is 0 Å². The van der Waals surface area contributed by atoms with E-state index >= 15 is 0 Å². The summed E-state index contributed by atoms with van der Waals surface area (Å²) in [5.41, 5.74) is 6.47. The summed E-state index contributed by atoms with van der Waals surface area (Å²) >= 11 is 9.17. The second-order valence-electron chi connectivity index (χ2n) is 4.05. The molecule has 0 unspecified atom stereocenters. The molecule has 2 aromatic carbocycles. The zero-order valence-corrected chi connectivity index (χ0v) is 12.6. The molecule has 0 aliphatic carbocycles. The Hall–Kier alpha value is -1.72. The first kappa shape index (κ1) is 14.7. The van der Waals surface area contributed by atoms with Crippen molar-refractivity contribution >= 4 is 39.2 Å². The normalized spacial score (nSPS) is 10.3. The number of carboxylic acids is 1. The Morgan fingerprint density at radius 3 is 2.75 bits per heavy atom. The molecule has 0 aliphatic rings. The first-order valence-corrected chi connectivity index (χ1v) is 6.84. The fraction of sp³-hybridized carbons (Fsp3) is 0.0714. The van der Waals surface area contributed by atoms with E-state index in [1.54, 1.807) is 36.4 Å². The monoisotopic (exact) mass is 355 g/mol. The molecule has 0 aliphatic heterocycles. The highest BCUT2D eigenvalue weighted by molar-refractivity contribution is 9.10. The summed E-state index contributed by atoms with van der Waals surface area (Å²) in [4.78, 5) is 11.2. The number of anilines is 1. The van der Waals surface area contributed by atoms with Crippen molar-refractivity contribution in [2.75, 3.05) is 5.73 Å². The lowest BCUT2D eigenvalue weighted by atomic mass is 10.1. The molecule has 0 bridgehead atoms. The minimum absolute atomic E-state index is 0.0672. The maximum Gasteiger partial charge on any atom is 0.338 e. The molecule has 3 N–H and O–H groups in total. The van der Waals surface area contributed by atoms with Crippen molar-refractivity contribution in [2.45, 2.75) is 6.61 Å². The molecule has 0 aromatic heterocycles. The van der Waals surface area contributed by atoms with Crippen LogP contribution in [-0.4, -0.2) is 11.1 Å². The molecule has 104 valence electrons. The van der Waals surface area contributed by atoms with E-state index < -0.39 is 5.97 Å². The summed E-state index contributed by atoms with van der Waals surface area (Å²) in [6.07, 6.45) is 0. The van der Waals surface area contributed by atoms with Crippen LogP contribution in [0.15, 0.2) is 40.9 Å². The van der Waals surface area contributed by atoms with Gasteiger partial charge >= 0.3 is 5.97 Å². The van der Waals surface area contributed by atoms with Crippen LogP contribution in [0.25, 0.3) is 0 Å². The van der Waals surface area contributed by atoms with Gasteiger partial charge in [0.1, 0.15) is 12.4 Å². The van der Waals surface area contributed by atoms with Crippen LogP contribution in [0.2, 0.25) is 5.02 Å². The van der Waals surface area contributed by atoms with Crippen LogP contribution in [0.3, 0.4) is 0 Å². The van der Waals surface area contributed by atoms with E-state index in [0.717, 1.165) is 0 Å². The molecule has 0 saturated heterocycles. The molecule has 0 heterocycles. The third-order valence-corrected chi connectivity index (χ3v) is 3.53. The smallest absolute Gasteiger partial charge is 0.338 e. The SMILES string of the molecule is Nc1cccc(COc2ccc(Cl)cc2Br)c1C(=O)O. The summed E-state index contributed by atoms with van der Waals surface area (Å²) in [6.45, 7) is 0.104. The van der Waals surface area contributed by atoms with E-state index in [0.29, 0.717) is 20.8 Å². The first-order valence-electron chi connectivity index (χ1n) is 5.67. The molecule has 0 saturated carbocycles. The van der Waals surface area contributed by atoms with Crippen molar-refractivity contribution in [1.82, 2.24) is 0 Å². The lowest BCUT2D eigenvalue weighted by molar-refractivity contribution is 0.0695.